The van der Waals surface area contributed by atoms with Crippen LogP contribution in [-0.2, 0) is 6.61 Å². The number of hydrogen-bond donors (Lipinski definition) is 0. The number of benzene rings is 2. The van der Waals surface area contributed by atoms with Crippen LogP contribution in [0.1, 0.15) is 11.1 Å². The van der Waals surface area contributed by atoms with Crippen LogP contribution < -0.4 is 9.47 Å². The lowest BCUT2D eigenvalue weighted by Crippen LogP contribution is -1.97. The predicted molar refractivity (Wildman–Crippen MR) is 73.5 cm³/mol. The van der Waals surface area contributed by atoms with Crippen molar-refractivity contribution in [1.29, 1.82) is 5.26 Å². The van der Waals surface area contributed by atoms with Crippen molar-refractivity contribution in [3.05, 3.63) is 58.4 Å². The maximum atomic E-state index is 13.3. The van der Waals surface area contributed by atoms with Gasteiger partial charge in [-0.1, -0.05) is 17.7 Å². The molecule has 0 aliphatic carbocycles. The number of rotatable bonds is 4. The largest absolute Gasteiger partial charge is 0.497 e. The van der Waals surface area contributed by atoms with Crippen LogP contribution in [0.2, 0.25) is 5.02 Å². The molecule has 0 aliphatic heterocycles. The SMILES string of the molecule is COc1cc(C#N)cc(OCc2ccc(Cl)c(F)c2)c1. The minimum atomic E-state index is -0.490. The molecular weight excluding hydrogens is 281 g/mol. The molecule has 0 aliphatic rings. The highest BCUT2D eigenvalue weighted by Gasteiger charge is 2.05. The van der Waals surface area contributed by atoms with Gasteiger partial charge in [0, 0.05) is 6.07 Å². The molecule has 20 heavy (non-hydrogen) atoms. The van der Waals surface area contributed by atoms with Crippen molar-refractivity contribution in [3.8, 4) is 17.6 Å². The van der Waals surface area contributed by atoms with Gasteiger partial charge in [0.1, 0.15) is 23.9 Å². The van der Waals surface area contributed by atoms with E-state index >= 15 is 0 Å². The van der Waals surface area contributed by atoms with Gasteiger partial charge in [0.2, 0.25) is 0 Å². The third-order valence-corrected chi connectivity index (χ3v) is 2.94. The van der Waals surface area contributed by atoms with Crippen LogP contribution >= 0.6 is 11.6 Å². The molecule has 0 N–H and O–H groups in total. The third-order valence-electron chi connectivity index (χ3n) is 2.63. The lowest BCUT2D eigenvalue weighted by molar-refractivity contribution is 0.303. The summed E-state index contributed by atoms with van der Waals surface area (Å²) in [4.78, 5) is 0. The fourth-order valence-electron chi connectivity index (χ4n) is 1.63. The van der Waals surface area contributed by atoms with Gasteiger partial charge in [-0.15, -0.1) is 0 Å². The second-order valence-electron chi connectivity index (χ2n) is 4.05. The average Bonchev–Trinajstić information content (AvgIpc) is 2.48. The first kappa shape index (κ1) is 14.2. The summed E-state index contributed by atoms with van der Waals surface area (Å²) in [6.45, 7) is 0.173. The monoisotopic (exact) mass is 291 g/mol. The summed E-state index contributed by atoms with van der Waals surface area (Å²) in [5.74, 6) is 0.522. The minimum Gasteiger partial charge on any atom is -0.497 e. The van der Waals surface area contributed by atoms with Gasteiger partial charge in [-0.05, 0) is 29.8 Å². The Hall–Kier alpha value is -2.25. The van der Waals surface area contributed by atoms with Gasteiger partial charge in [0.05, 0.1) is 23.8 Å². The summed E-state index contributed by atoms with van der Waals surface area (Å²) in [7, 11) is 1.51. The Kier molecular flexibility index (Phi) is 4.44. The summed E-state index contributed by atoms with van der Waals surface area (Å²) < 4.78 is 23.9. The van der Waals surface area contributed by atoms with Crippen LogP contribution in [0.4, 0.5) is 4.39 Å². The lowest BCUT2D eigenvalue weighted by Gasteiger charge is -2.09. The van der Waals surface area contributed by atoms with Gasteiger partial charge in [-0.3, -0.25) is 0 Å². The van der Waals surface area contributed by atoms with Crippen molar-refractivity contribution in [3.63, 3.8) is 0 Å². The molecule has 0 saturated carbocycles. The van der Waals surface area contributed by atoms with Crippen molar-refractivity contribution in [1.82, 2.24) is 0 Å². The molecule has 0 amide bonds. The maximum absolute atomic E-state index is 13.3. The van der Waals surface area contributed by atoms with E-state index in [1.807, 2.05) is 6.07 Å². The van der Waals surface area contributed by atoms with Gasteiger partial charge >= 0.3 is 0 Å². The van der Waals surface area contributed by atoms with Crippen LogP contribution in [0, 0.1) is 17.1 Å². The van der Waals surface area contributed by atoms with E-state index in [9.17, 15) is 4.39 Å². The fraction of sp³-hybridized carbons (Fsp3) is 0.133. The Morgan fingerprint density at radius 1 is 1.20 bits per heavy atom. The first-order chi connectivity index (χ1) is 9.62. The van der Waals surface area contributed by atoms with Gasteiger partial charge in [0.25, 0.3) is 0 Å². The van der Waals surface area contributed by atoms with Crippen molar-refractivity contribution in [2.45, 2.75) is 6.61 Å². The van der Waals surface area contributed by atoms with E-state index in [2.05, 4.69) is 0 Å². The molecule has 0 aromatic heterocycles. The number of methoxy groups -OCH3 is 1. The van der Waals surface area contributed by atoms with Gasteiger partial charge in [-0.2, -0.15) is 5.26 Å². The zero-order chi connectivity index (χ0) is 14.5. The third kappa shape index (κ3) is 3.40. The van der Waals surface area contributed by atoms with E-state index in [4.69, 9.17) is 26.3 Å². The van der Waals surface area contributed by atoms with E-state index in [-0.39, 0.29) is 11.6 Å². The smallest absolute Gasteiger partial charge is 0.142 e. The van der Waals surface area contributed by atoms with Gasteiger partial charge in [0.15, 0.2) is 0 Å². The molecule has 2 aromatic rings. The second kappa shape index (κ2) is 6.27. The normalized spacial score (nSPS) is 9.90. The number of hydrogen-bond acceptors (Lipinski definition) is 3. The molecule has 2 rings (SSSR count). The van der Waals surface area contributed by atoms with E-state index < -0.39 is 5.82 Å². The van der Waals surface area contributed by atoms with Crippen molar-refractivity contribution in [2.24, 2.45) is 0 Å². The Morgan fingerprint density at radius 2 is 1.95 bits per heavy atom. The quantitative estimate of drug-likeness (QED) is 0.857. The molecule has 0 bridgehead atoms. The number of nitriles is 1. The van der Waals surface area contributed by atoms with E-state index in [1.165, 1.54) is 19.2 Å². The summed E-state index contributed by atoms with van der Waals surface area (Å²) in [6.07, 6.45) is 0. The van der Waals surface area contributed by atoms with Crippen molar-refractivity contribution < 1.29 is 13.9 Å². The predicted octanol–water partition coefficient (Wildman–Crippen LogP) is 3.94. The van der Waals surface area contributed by atoms with Crippen molar-refractivity contribution >= 4 is 11.6 Å². The molecule has 0 heterocycles. The first-order valence-electron chi connectivity index (χ1n) is 5.78. The molecule has 0 unspecified atom stereocenters. The zero-order valence-corrected chi connectivity index (χ0v) is 11.4. The van der Waals surface area contributed by atoms with Gasteiger partial charge in [-0.25, -0.2) is 4.39 Å². The fourth-order valence-corrected chi connectivity index (χ4v) is 1.75. The highest BCUT2D eigenvalue weighted by Crippen LogP contribution is 2.23. The lowest BCUT2D eigenvalue weighted by atomic mass is 10.2. The summed E-state index contributed by atoms with van der Waals surface area (Å²) in [5.41, 5.74) is 1.08. The van der Waals surface area contributed by atoms with Crippen LogP contribution in [-0.4, -0.2) is 7.11 Å². The molecule has 0 fully saturated rings. The number of ether oxygens (including phenoxy) is 2. The molecule has 102 valence electrons. The Bertz CT molecular complexity index is 667. The van der Waals surface area contributed by atoms with Crippen molar-refractivity contribution in [2.75, 3.05) is 7.11 Å². The molecule has 0 atom stereocenters. The molecule has 5 heteroatoms. The average molecular weight is 292 g/mol. The zero-order valence-electron chi connectivity index (χ0n) is 10.7. The molecule has 0 radical (unpaired) electrons. The number of halogens is 2. The van der Waals surface area contributed by atoms with Crippen LogP contribution in [0.15, 0.2) is 36.4 Å². The number of nitrogens with zero attached hydrogens (tertiary/aromatic N) is 1. The molecule has 0 spiro atoms. The Balaban J connectivity index is 2.14. The molecular formula is C15H11ClFNO2. The summed E-state index contributed by atoms with van der Waals surface area (Å²) in [6, 6.07) is 11.3. The molecule has 2 aromatic carbocycles. The van der Waals surface area contributed by atoms with Crippen LogP contribution in [0.25, 0.3) is 0 Å². The summed E-state index contributed by atoms with van der Waals surface area (Å²) >= 11 is 5.61. The standard InChI is InChI=1S/C15H11ClFNO2/c1-19-12-4-11(8-18)5-13(7-12)20-9-10-2-3-14(16)15(17)6-10/h2-7H,9H2,1H3. The van der Waals surface area contributed by atoms with E-state index in [1.54, 1.807) is 24.3 Å². The summed E-state index contributed by atoms with van der Waals surface area (Å²) in [5, 5.41) is 8.98. The Morgan fingerprint density at radius 3 is 2.60 bits per heavy atom. The van der Waals surface area contributed by atoms with E-state index in [0.29, 0.717) is 22.6 Å². The van der Waals surface area contributed by atoms with Crippen LogP contribution in [0.3, 0.4) is 0 Å². The van der Waals surface area contributed by atoms with Crippen LogP contribution in [0.5, 0.6) is 11.5 Å². The van der Waals surface area contributed by atoms with Gasteiger partial charge < -0.3 is 9.47 Å². The topological polar surface area (TPSA) is 42.2 Å². The molecule has 0 saturated heterocycles. The maximum Gasteiger partial charge on any atom is 0.142 e. The second-order valence-corrected chi connectivity index (χ2v) is 4.45. The molecule has 3 nitrogen and oxygen atoms in total. The first-order valence-corrected chi connectivity index (χ1v) is 6.16. The Labute approximate surface area is 121 Å². The van der Waals surface area contributed by atoms with E-state index in [0.717, 1.165) is 0 Å². The minimum absolute atomic E-state index is 0.0712. The highest BCUT2D eigenvalue weighted by molar-refractivity contribution is 6.30. The highest BCUT2D eigenvalue weighted by atomic mass is 35.5.